The van der Waals surface area contributed by atoms with E-state index in [1.54, 1.807) is 0 Å². The minimum atomic E-state index is -4.00. The molecule has 9 nitrogen and oxygen atoms in total. The zero-order valence-corrected chi connectivity index (χ0v) is 22.7. The summed E-state index contributed by atoms with van der Waals surface area (Å²) in [6.45, 7) is 0.439. The molecule has 3 rings (SSSR count). The van der Waals surface area contributed by atoms with Crippen molar-refractivity contribution in [2.24, 2.45) is 7.05 Å². The van der Waals surface area contributed by atoms with Crippen molar-refractivity contribution in [3.8, 4) is 5.88 Å². The summed E-state index contributed by atoms with van der Waals surface area (Å²) in [5.41, 5.74) is -1.23. The van der Waals surface area contributed by atoms with Gasteiger partial charge in [-0.3, -0.25) is 4.79 Å². The van der Waals surface area contributed by atoms with Crippen molar-refractivity contribution in [2.75, 3.05) is 6.26 Å². The van der Waals surface area contributed by atoms with Gasteiger partial charge in [-0.15, -0.1) is 0 Å². The van der Waals surface area contributed by atoms with Crippen LogP contribution >= 0.6 is 34.8 Å². The van der Waals surface area contributed by atoms with Crippen LogP contribution in [0.15, 0.2) is 29.2 Å². The van der Waals surface area contributed by atoms with Gasteiger partial charge in [0.1, 0.15) is 10.7 Å². The average molecular weight is 615 g/mol. The second-order valence-corrected chi connectivity index (χ2v) is 10.9. The molecule has 204 valence electrons. The minimum absolute atomic E-state index is 0.0475. The molecule has 0 saturated heterocycles. The average Bonchev–Trinajstić information content (AvgIpc) is 3.10. The van der Waals surface area contributed by atoms with Gasteiger partial charge in [-0.25, -0.2) is 36.0 Å². The number of aromatic nitrogens is 3. The van der Waals surface area contributed by atoms with Crippen molar-refractivity contribution >= 4 is 56.4 Å². The van der Waals surface area contributed by atoms with Gasteiger partial charge in [-0.2, -0.15) is 5.10 Å². The molecule has 3 aromatic rings. The van der Waals surface area contributed by atoms with Crippen LogP contribution in [0.5, 0.6) is 5.88 Å². The van der Waals surface area contributed by atoms with E-state index >= 15 is 0 Å². The molecule has 0 aliphatic heterocycles. The molecule has 0 radical (unpaired) electrons. The molecular formula is C22H17Cl3F3N3O6S. The standard InChI is InChI=1S/C22H17Cl3F3N3O6S/c1-9-15(21(31(2)30-9)37-22(33)17-12(23)5-7-14(24)29-17)18(32)10-4-6-13(38(3,34)35)11(16(10)25)8-36-20(28)19(26)27/h4-7,19-20H,8H2,1-3H3. The van der Waals surface area contributed by atoms with Crippen molar-refractivity contribution in [3.05, 3.63) is 67.5 Å². The van der Waals surface area contributed by atoms with E-state index in [0.717, 1.165) is 23.1 Å². The summed E-state index contributed by atoms with van der Waals surface area (Å²) < 4.78 is 73.9. The number of hydrogen-bond donors (Lipinski definition) is 0. The van der Waals surface area contributed by atoms with Crippen molar-refractivity contribution in [2.45, 2.75) is 31.2 Å². The number of nitrogens with zero attached hydrogens (tertiary/aromatic N) is 3. The van der Waals surface area contributed by atoms with E-state index in [9.17, 15) is 31.2 Å². The summed E-state index contributed by atoms with van der Waals surface area (Å²) in [6.07, 6.45) is -5.73. The van der Waals surface area contributed by atoms with Crippen LogP contribution in [-0.4, -0.2) is 54.0 Å². The van der Waals surface area contributed by atoms with Crippen LogP contribution < -0.4 is 4.74 Å². The highest BCUT2D eigenvalue weighted by Gasteiger charge is 2.30. The molecule has 0 saturated carbocycles. The monoisotopic (exact) mass is 613 g/mol. The van der Waals surface area contributed by atoms with Gasteiger partial charge in [0.25, 0.3) is 12.8 Å². The Kier molecular flexibility index (Phi) is 9.09. The van der Waals surface area contributed by atoms with E-state index in [-0.39, 0.29) is 38.6 Å². The Morgan fingerprint density at radius 3 is 2.37 bits per heavy atom. The fraction of sp³-hybridized carbons (Fsp3) is 0.273. The number of sulfone groups is 1. The predicted molar refractivity (Wildman–Crippen MR) is 131 cm³/mol. The molecule has 1 atom stereocenters. The second kappa shape index (κ2) is 11.6. The zero-order chi connectivity index (χ0) is 28.5. The Bertz CT molecular complexity index is 1530. The predicted octanol–water partition coefficient (Wildman–Crippen LogP) is 5.01. The van der Waals surface area contributed by atoms with Gasteiger partial charge >= 0.3 is 5.97 Å². The molecule has 2 aromatic heterocycles. The van der Waals surface area contributed by atoms with E-state index in [2.05, 4.69) is 14.8 Å². The highest BCUT2D eigenvalue weighted by Crippen LogP contribution is 2.34. The van der Waals surface area contributed by atoms with Crippen LogP contribution in [0.4, 0.5) is 13.2 Å². The normalized spacial score (nSPS) is 12.6. The van der Waals surface area contributed by atoms with Gasteiger partial charge < -0.3 is 9.47 Å². The van der Waals surface area contributed by atoms with E-state index in [1.165, 1.54) is 26.1 Å². The lowest BCUT2D eigenvalue weighted by atomic mass is 10.0. The van der Waals surface area contributed by atoms with E-state index in [4.69, 9.17) is 39.5 Å². The van der Waals surface area contributed by atoms with Gasteiger partial charge in [-0.05, 0) is 31.2 Å². The number of alkyl halides is 3. The van der Waals surface area contributed by atoms with Crippen molar-refractivity contribution in [1.29, 1.82) is 0 Å². The Hall–Kier alpha value is -2.71. The van der Waals surface area contributed by atoms with Crippen LogP contribution in [-0.2, 0) is 28.2 Å². The van der Waals surface area contributed by atoms with E-state index in [0.29, 0.717) is 0 Å². The summed E-state index contributed by atoms with van der Waals surface area (Å²) in [5.74, 6) is -2.28. The minimum Gasteiger partial charge on any atom is -0.402 e. The first kappa shape index (κ1) is 29.8. The molecule has 1 aromatic carbocycles. The topological polar surface area (TPSA) is 117 Å². The first-order chi connectivity index (χ1) is 17.6. The molecule has 0 spiro atoms. The highest BCUT2D eigenvalue weighted by atomic mass is 35.5. The Balaban J connectivity index is 2.08. The maximum Gasteiger partial charge on any atom is 0.365 e. The summed E-state index contributed by atoms with van der Waals surface area (Å²) in [5, 5.41) is 3.45. The second-order valence-electron chi connectivity index (χ2n) is 7.74. The molecule has 38 heavy (non-hydrogen) atoms. The number of ketones is 1. The van der Waals surface area contributed by atoms with Crippen LogP contribution in [0.1, 0.15) is 37.7 Å². The summed E-state index contributed by atoms with van der Waals surface area (Å²) >= 11 is 18.1. The van der Waals surface area contributed by atoms with Gasteiger partial charge in [0.15, 0.2) is 15.5 Å². The molecule has 0 bridgehead atoms. The number of carbonyl (C=O) groups is 2. The van der Waals surface area contributed by atoms with Crippen molar-refractivity contribution < 1.29 is 40.7 Å². The molecule has 16 heteroatoms. The number of pyridine rings is 1. The number of carbonyl (C=O) groups excluding carboxylic acids is 2. The number of hydrogen-bond acceptors (Lipinski definition) is 8. The third kappa shape index (κ3) is 6.29. The lowest BCUT2D eigenvalue weighted by Gasteiger charge is -2.15. The lowest BCUT2D eigenvalue weighted by Crippen LogP contribution is -2.18. The maximum atomic E-state index is 13.5. The van der Waals surface area contributed by atoms with Gasteiger partial charge in [0.05, 0.1) is 27.2 Å². The Morgan fingerprint density at radius 2 is 1.76 bits per heavy atom. The largest absolute Gasteiger partial charge is 0.402 e. The number of aryl methyl sites for hydroxylation is 2. The van der Waals surface area contributed by atoms with Crippen molar-refractivity contribution in [3.63, 3.8) is 0 Å². The van der Waals surface area contributed by atoms with Crippen molar-refractivity contribution in [1.82, 2.24) is 14.8 Å². The summed E-state index contributed by atoms with van der Waals surface area (Å²) in [6, 6.07) is 4.73. The first-order valence-corrected chi connectivity index (χ1v) is 13.3. The lowest BCUT2D eigenvalue weighted by molar-refractivity contribution is -0.135. The molecule has 0 amide bonds. The Morgan fingerprint density at radius 1 is 1.11 bits per heavy atom. The quantitative estimate of drug-likeness (QED) is 0.188. The van der Waals surface area contributed by atoms with Crippen LogP contribution in [0.2, 0.25) is 15.2 Å². The molecule has 0 fully saturated rings. The molecular weight excluding hydrogens is 598 g/mol. The molecule has 1 unspecified atom stereocenters. The van der Waals surface area contributed by atoms with Crippen LogP contribution in [0.3, 0.4) is 0 Å². The van der Waals surface area contributed by atoms with E-state index in [1.807, 2.05) is 0 Å². The fourth-order valence-corrected chi connectivity index (χ4v) is 4.96. The molecule has 2 heterocycles. The van der Waals surface area contributed by atoms with Gasteiger partial charge in [0.2, 0.25) is 11.7 Å². The maximum absolute atomic E-state index is 13.5. The van der Waals surface area contributed by atoms with E-state index < -0.39 is 56.5 Å². The number of ether oxygens (including phenoxy) is 2. The SMILES string of the molecule is Cc1nn(C)c(OC(=O)c2nc(Cl)ccc2Cl)c1C(=O)c1ccc(S(C)(=O)=O)c(COC(F)C(F)F)c1Cl. The number of esters is 1. The third-order valence-electron chi connectivity index (χ3n) is 5.02. The number of rotatable bonds is 9. The molecule has 0 aliphatic rings. The zero-order valence-electron chi connectivity index (χ0n) is 19.6. The van der Waals surface area contributed by atoms with Crippen LogP contribution in [0, 0.1) is 6.92 Å². The first-order valence-electron chi connectivity index (χ1n) is 10.3. The summed E-state index contributed by atoms with van der Waals surface area (Å²) in [4.78, 5) is 29.6. The Labute approximate surface area is 229 Å². The number of benzene rings is 1. The third-order valence-corrected chi connectivity index (χ3v) is 7.15. The molecule has 0 N–H and O–H groups in total. The van der Waals surface area contributed by atoms with Gasteiger partial charge in [-0.1, -0.05) is 34.8 Å². The fourth-order valence-electron chi connectivity index (χ4n) is 3.34. The van der Waals surface area contributed by atoms with Gasteiger partial charge in [0, 0.05) is 24.4 Å². The highest BCUT2D eigenvalue weighted by molar-refractivity contribution is 7.90. The summed E-state index contributed by atoms with van der Waals surface area (Å²) in [7, 11) is -2.63. The van der Waals surface area contributed by atoms with Crippen LogP contribution in [0.25, 0.3) is 0 Å². The number of halogens is 6. The molecule has 0 aliphatic carbocycles. The smallest absolute Gasteiger partial charge is 0.365 e.